The normalized spacial score (nSPS) is 21.5. The van der Waals surface area contributed by atoms with Crippen LogP contribution in [0.5, 0.6) is 0 Å². The minimum Gasteiger partial charge on any atom is -0.346 e. The summed E-state index contributed by atoms with van der Waals surface area (Å²) in [6.45, 7) is 4.28. The number of carbonyl (C=O) groups excluding carboxylic acids is 1. The van der Waals surface area contributed by atoms with Gasteiger partial charge in [0.05, 0.1) is 17.7 Å². The molecule has 0 radical (unpaired) electrons. The lowest BCUT2D eigenvalue weighted by molar-refractivity contribution is -0.124. The van der Waals surface area contributed by atoms with Crippen LogP contribution in [-0.2, 0) is 22.5 Å². The van der Waals surface area contributed by atoms with Crippen LogP contribution in [0.1, 0.15) is 37.5 Å². The smallest absolute Gasteiger partial charge is 0.246 e. The lowest BCUT2D eigenvalue weighted by Gasteiger charge is -2.20. The first-order chi connectivity index (χ1) is 11.4. The molecule has 0 aliphatic heterocycles. The maximum Gasteiger partial charge on any atom is 0.246 e. The quantitative estimate of drug-likeness (QED) is 0.868. The molecule has 0 bridgehead atoms. The SMILES string of the molecule is CSCc1noc(CNC(=O)[C@]2(c3ccc(F)cc3)CC2(C)C)n1. The Morgan fingerprint density at radius 2 is 2.04 bits per heavy atom. The Morgan fingerprint density at radius 3 is 2.62 bits per heavy atom. The molecule has 0 spiro atoms. The Balaban J connectivity index is 1.73. The number of hydrogen-bond donors (Lipinski definition) is 1. The van der Waals surface area contributed by atoms with Gasteiger partial charge in [-0.25, -0.2) is 4.39 Å². The van der Waals surface area contributed by atoms with E-state index in [-0.39, 0.29) is 23.7 Å². The van der Waals surface area contributed by atoms with Crippen LogP contribution in [-0.4, -0.2) is 22.3 Å². The first-order valence-corrected chi connectivity index (χ1v) is 9.13. The van der Waals surface area contributed by atoms with Crippen molar-refractivity contribution in [1.82, 2.24) is 15.5 Å². The van der Waals surface area contributed by atoms with E-state index < -0.39 is 5.41 Å². The highest BCUT2D eigenvalue weighted by atomic mass is 32.2. The van der Waals surface area contributed by atoms with Crippen molar-refractivity contribution in [2.75, 3.05) is 6.26 Å². The van der Waals surface area contributed by atoms with Crippen LogP contribution in [0, 0.1) is 11.2 Å². The second kappa shape index (κ2) is 6.20. The van der Waals surface area contributed by atoms with Gasteiger partial charge >= 0.3 is 0 Å². The molecule has 1 aliphatic carbocycles. The Kier molecular flexibility index (Phi) is 4.38. The molecular weight excluding hydrogens is 329 g/mol. The Morgan fingerprint density at radius 1 is 1.38 bits per heavy atom. The minimum atomic E-state index is -0.636. The van der Waals surface area contributed by atoms with E-state index in [1.807, 2.05) is 20.1 Å². The van der Waals surface area contributed by atoms with Gasteiger partial charge in [-0.1, -0.05) is 31.1 Å². The van der Waals surface area contributed by atoms with Crippen molar-refractivity contribution in [2.45, 2.75) is 38.0 Å². The van der Waals surface area contributed by atoms with Crippen molar-refractivity contribution in [3.63, 3.8) is 0 Å². The van der Waals surface area contributed by atoms with Gasteiger partial charge < -0.3 is 9.84 Å². The highest BCUT2D eigenvalue weighted by Crippen LogP contribution is 2.64. The maximum atomic E-state index is 13.2. The second-order valence-electron chi connectivity index (χ2n) is 6.69. The van der Waals surface area contributed by atoms with E-state index >= 15 is 0 Å². The van der Waals surface area contributed by atoms with E-state index in [1.165, 1.54) is 12.1 Å². The fraction of sp³-hybridized carbons (Fsp3) is 0.471. The molecule has 1 aromatic heterocycles. The molecule has 1 atom stereocenters. The van der Waals surface area contributed by atoms with Crippen molar-refractivity contribution in [2.24, 2.45) is 5.41 Å². The average molecular weight is 349 g/mol. The van der Waals surface area contributed by atoms with Crippen LogP contribution in [0.4, 0.5) is 4.39 Å². The molecule has 1 heterocycles. The van der Waals surface area contributed by atoms with Gasteiger partial charge in [0.15, 0.2) is 5.82 Å². The van der Waals surface area contributed by atoms with Gasteiger partial charge in [-0.05, 0) is 35.8 Å². The zero-order chi connectivity index (χ0) is 17.4. The summed E-state index contributed by atoms with van der Waals surface area (Å²) in [5.74, 6) is 1.28. The number of carbonyl (C=O) groups is 1. The van der Waals surface area contributed by atoms with E-state index in [2.05, 4.69) is 15.5 Å². The number of amides is 1. The number of aromatic nitrogens is 2. The van der Waals surface area contributed by atoms with Crippen LogP contribution in [0.3, 0.4) is 0 Å². The van der Waals surface area contributed by atoms with Crippen molar-refractivity contribution >= 4 is 17.7 Å². The average Bonchev–Trinajstić information content (AvgIpc) is 2.91. The minimum absolute atomic E-state index is 0.0938. The van der Waals surface area contributed by atoms with Crippen LogP contribution in [0.2, 0.25) is 0 Å². The highest BCUT2D eigenvalue weighted by molar-refractivity contribution is 7.97. The molecule has 1 aliphatic rings. The predicted octanol–water partition coefficient (Wildman–Crippen LogP) is 3.06. The van der Waals surface area contributed by atoms with Crippen molar-refractivity contribution in [3.8, 4) is 0 Å². The van der Waals surface area contributed by atoms with E-state index in [0.29, 0.717) is 17.5 Å². The molecule has 5 nitrogen and oxygen atoms in total. The summed E-state index contributed by atoms with van der Waals surface area (Å²) < 4.78 is 18.3. The third-order valence-corrected chi connectivity index (χ3v) is 5.19. The van der Waals surface area contributed by atoms with Gasteiger partial charge in [0.25, 0.3) is 0 Å². The lowest BCUT2D eigenvalue weighted by atomic mass is 9.87. The molecule has 128 valence electrons. The standard InChI is InChI=1S/C17H20FN3O2S/c1-16(2)10-17(16,11-4-6-12(18)7-5-11)15(22)19-8-14-20-13(9-24-3)21-23-14/h4-7H,8-10H2,1-3H3,(H,19,22)/t17-/m1/s1. The van der Waals surface area contributed by atoms with Gasteiger partial charge in [0.2, 0.25) is 11.8 Å². The van der Waals surface area contributed by atoms with Gasteiger partial charge in [0, 0.05) is 0 Å². The monoisotopic (exact) mass is 349 g/mol. The Labute approximate surface area is 144 Å². The van der Waals surface area contributed by atoms with Crippen LogP contribution >= 0.6 is 11.8 Å². The first kappa shape index (κ1) is 17.0. The molecule has 0 saturated heterocycles. The summed E-state index contributed by atoms with van der Waals surface area (Å²) >= 11 is 1.60. The second-order valence-corrected chi connectivity index (χ2v) is 7.56. The third-order valence-electron chi connectivity index (χ3n) is 4.65. The van der Waals surface area contributed by atoms with Gasteiger partial charge in [0.1, 0.15) is 5.82 Å². The fourth-order valence-electron chi connectivity index (χ4n) is 3.22. The predicted molar refractivity (Wildman–Crippen MR) is 89.8 cm³/mol. The van der Waals surface area contributed by atoms with E-state index in [1.54, 1.807) is 23.9 Å². The number of thioether (sulfide) groups is 1. The largest absolute Gasteiger partial charge is 0.346 e. The summed E-state index contributed by atoms with van der Waals surface area (Å²) in [5, 5.41) is 6.75. The van der Waals surface area contributed by atoms with Crippen LogP contribution in [0.25, 0.3) is 0 Å². The molecule has 2 aromatic rings. The summed E-state index contributed by atoms with van der Waals surface area (Å²) in [6, 6.07) is 6.16. The van der Waals surface area contributed by atoms with Gasteiger partial charge in [-0.3, -0.25) is 4.79 Å². The topological polar surface area (TPSA) is 68.0 Å². The Hall–Kier alpha value is -1.89. The molecule has 3 rings (SSSR count). The number of nitrogens with one attached hydrogen (secondary N) is 1. The van der Waals surface area contributed by atoms with E-state index in [0.717, 1.165) is 12.0 Å². The first-order valence-electron chi connectivity index (χ1n) is 7.74. The highest BCUT2D eigenvalue weighted by Gasteiger charge is 2.67. The molecule has 1 fully saturated rings. The fourth-order valence-corrected chi connectivity index (χ4v) is 3.60. The molecule has 1 amide bonds. The molecule has 1 saturated carbocycles. The lowest BCUT2D eigenvalue weighted by Crippen LogP contribution is -2.37. The molecule has 7 heteroatoms. The number of halogens is 1. The zero-order valence-corrected chi connectivity index (χ0v) is 14.7. The van der Waals surface area contributed by atoms with Gasteiger partial charge in [-0.2, -0.15) is 16.7 Å². The zero-order valence-electron chi connectivity index (χ0n) is 13.9. The van der Waals surface area contributed by atoms with Crippen LogP contribution < -0.4 is 5.32 Å². The third kappa shape index (κ3) is 2.92. The van der Waals surface area contributed by atoms with Gasteiger partial charge in [-0.15, -0.1) is 0 Å². The summed E-state index contributed by atoms with van der Waals surface area (Å²) in [7, 11) is 0. The molecule has 24 heavy (non-hydrogen) atoms. The molecular formula is C17H20FN3O2S. The number of rotatable bonds is 6. The summed E-state index contributed by atoms with van der Waals surface area (Å²) in [6.07, 6.45) is 2.68. The van der Waals surface area contributed by atoms with Crippen molar-refractivity contribution in [1.29, 1.82) is 0 Å². The number of benzene rings is 1. The Bertz CT molecular complexity index is 745. The summed E-state index contributed by atoms with van der Waals surface area (Å²) in [5.41, 5.74) is 0.0244. The van der Waals surface area contributed by atoms with E-state index in [4.69, 9.17) is 4.52 Å². The van der Waals surface area contributed by atoms with Crippen molar-refractivity contribution in [3.05, 3.63) is 47.4 Å². The molecule has 1 N–H and O–H groups in total. The number of nitrogens with zero attached hydrogens (tertiary/aromatic N) is 2. The van der Waals surface area contributed by atoms with Crippen molar-refractivity contribution < 1.29 is 13.7 Å². The summed E-state index contributed by atoms with van der Waals surface area (Å²) in [4.78, 5) is 17.1. The van der Waals surface area contributed by atoms with Crippen LogP contribution in [0.15, 0.2) is 28.8 Å². The number of hydrogen-bond acceptors (Lipinski definition) is 5. The van der Waals surface area contributed by atoms with E-state index in [9.17, 15) is 9.18 Å². The molecule has 0 unspecified atom stereocenters. The maximum absolute atomic E-state index is 13.2. The molecule has 1 aromatic carbocycles.